The monoisotopic (exact) mass is 202 g/mol. The third-order valence-corrected chi connectivity index (χ3v) is 1.80. The maximum absolute atomic E-state index is 10.9. The van der Waals surface area contributed by atoms with Gasteiger partial charge in [0.05, 0.1) is 13.0 Å². The van der Waals surface area contributed by atoms with Crippen molar-refractivity contribution in [2.75, 3.05) is 13.2 Å². The lowest BCUT2D eigenvalue weighted by Crippen LogP contribution is -2.39. The second-order valence-electron chi connectivity index (χ2n) is 3.24. The van der Waals surface area contributed by atoms with E-state index in [1.54, 1.807) is 0 Å². The van der Waals surface area contributed by atoms with Crippen LogP contribution in [0, 0.1) is 5.92 Å². The summed E-state index contributed by atoms with van der Waals surface area (Å²) in [7, 11) is 0. The van der Waals surface area contributed by atoms with Crippen LogP contribution in [-0.2, 0) is 9.53 Å². The SMILES string of the molecule is O=C(O)CCNNC(=O)OCC1CC1. The number of ether oxygens (including phenoxy) is 1. The molecule has 0 aromatic heterocycles. The zero-order chi connectivity index (χ0) is 10.4. The number of rotatable bonds is 6. The molecule has 0 aromatic carbocycles. The van der Waals surface area contributed by atoms with Gasteiger partial charge in [-0.05, 0) is 18.8 Å². The number of aliphatic carboxylic acids is 1. The summed E-state index contributed by atoms with van der Waals surface area (Å²) in [6.45, 7) is 0.639. The van der Waals surface area contributed by atoms with Crippen LogP contribution in [0.25, 0.3) is 0 Å². The molecular weight excluding hydrogens is 188 g/mol. The van der Waals surface area contributed by atoms with Crippen LogP contribution in [0.5, 0.6) is 0 Å². The molecular formula is C8H14N2O4. The first-order valence-electron chi connectivity index (χ1n) is 4.56. The third kappa shape index (κ3) is 5.36. The Balaban J connectivity index is 1.88. The van der Waals surface area contributed by atoms with Gasteiger partial charge in [-0.25, -0.2) is 10.2 Å². The van der Waals surface area contributed by atoms with Gasteiger partial charge in [-0.2, -0.15) is 0 Å². The summed E-state index contributed by atoms with van der Waals surface area (Å²) in [6, 6.07) is 0. The normalized spacial score (nSPS) is 14.9. The van der Waals surface area contributed by atoms with Crippen molar-refractivity contribution in [1.29, 1.82) is 0 Å². The van der Waals surface area contributed by atoms with Crippen LogP contribution < -0.4 is 10.9 Å². The summed E-state index contributed by atoms with van der Waals surface area (Å²) in [4.78, 5) is 21.0. The molecule has 6 heteroatoms. The summed E-state index contributed by atoms with van der Waals surface area (Å²) < 4.78 is 4.81. The number of amides is 1. The van der Waals surface area contributed by atoms with E-state index in [9.17, 15) is 9.59 Å². The molecule has 1 fully saturated rings. The molecule has 14 heavy (non-hydrogen) atoms. The Labute approximate surface area is 81.6 Å². The molecule has 0 atom stereocenters. The molecule has 1 aliphatic rings. The standard InChI is InChI=1S/C8H14N2O4/c11-7(12)3-4-9-10-8(13)14-5-6-1-2-6/h6,9H,1-5H2,(H,10,13)(H,11,12). The zero-order valence-corrected chi connectivity index (χ0v) is 7.78. The number of hydrazine groups is 1. The fourth-order valence-corrected chi connectivity index (χ4v) is 0.818. The molecule has 0 bridgehead atoms. The van der Waals surface area contributed by atoms with Crippen molar-refractivity contribution in [3.05, 3.63) is 0 Å². The van der Waals surface area contributed by atoms with Crippen LogP contribution in [-0.4, -0.2) is 30.3 Å². The first kappa shape index (κ1) is 10.8. The van der Waals surface area contributed by atoms with Gasteiger partial charge in [-0.1, -0.05) is 0 Å². The predicted octanol–water partition coefficient (Wildman–Crippen LogP) is 0.102. The molecule has 1 saturated carbocycles. The summed E-state index contributed by atoms with van der Waals surface area (Å²) in [5.74, 6) is -0.384. The quantitative estimate of drug-likeness (QED) is 0.420. The minimum absolute atomic E-state index is 0.0388. The van der Waals surface area contributed by atoms with E-state index in [1.807, 2.05) is 0 Å². The number of carboxylic acid groups (broad SMARTS) is 1. The number of hydrogen-bond acceptors (Lipinski definition) is 4. The summed E-state index contributed by atoms with van der Waals surface area (Å²) >= 11 is 0. The van der Waals surface area contributed by atoms with Crippen molar-refractivity contribution in [2.24, 2.45) is 5.92 Å². The van der Waals surface area contributed by atoms with E-state index in [-0.39, 0.29) is 13.0 Å². The van der Waals surface area contributed by atoms with Crippen LogP contribution in [0.2, 0.25) is 0 Å². The lowest BCUT2D eigenvalue weighted by atomic mass is 10.4. The molecule has 0 saturated heterocycles. The van der Waals surface area contributed by atoms with Crippen LogP contribution in [0.1, 0.15) is 19.3 Å². The van der Waals surface area contributed by atoms with Gasteiger partial charge in [0.15, 0.2) is 0 Å². The highest BCUT2D eigenvalue weighted by molar-refractivity contribution is 5.67. The predicted molar refractivity (Wildman–Crippen MR) is 47.5 cm³/mol. The molecule has 0 radical (unpaired) electrons. The molecule has 1 aliphatic carbocycles. The highest BCUT2D eigenvalue weighted by Crippen LogP contribution is 2.28. The average molecular weight is 202 g/mol. The van der Waals surface area contributed by atoms with Crippen molar-refractivity contribution in [2.45, 2.75) is 19.3 Å². The molecule has 1 rings (SSSR count). The Hall–Kier alpha value is -1.30. The van der Waals surface area contributed by atoms with E-state index in [0.717, 1.165) is 12.8 Å². The number of nitrogens with one attached hydrogen (secondary N) is 2. The fourth-order valence-electron chi connectivity index (χ4n) is 0.818. The van der Waals surface area contributed by atoms with E-state index in [4.69, 9.17) is 9.84 Å². The minimum atomic E-state index is -0.911. The lowest BCUT2D eigenvalue weighted by molar-refractivity contribution is -0.136. The Bertz CT molecular complexity index is 215. The Morgan fingerprint density at radius 3 is 2.71 bits per heavy atom. The smallest absolute Gasteiger partial charge is 0.421 e. The molecule has 0 aromatic rings. The first-order valence-corrected chi connectivity index (χ1v) is 4.56. The minimum Gasteiger partial charge on any atom is -0.481 e. The largest absolute Gasteiger partial charge is 0.481 e. The maximum atomic E-state index is 10.9. The van der Waals surface area contributed by atoms with Crippen molar-refractivity contribution in [3.63, 3.8) is 0 Å². The molecule has 6 nitrogen and oxygen atoms in total. The number of carbonyl (C=O) groups is 2. The second-order valence-corrected chi connectivity index (χ2v) is 3.24. The van der Waals surface area contributed by atoms with Gasteiger partial charge in [0, 0.05) is 6.54 Å². The van der Waals surface area contributed by atoms with E-state index in [1.165, 1.54) is 0 Å². The lowest BCUT2D eigenvalue weighted by Gasteiger charge is -2.06. The molecule has 0 heterocycles. The average Bonchev–Trinajstić information content (AvgIpc) is 2.92. The number of carboxylic acids is 1. The van der Waals surface area contributed by atoms with E-state index in [0.29, 0.717) is 12.5 Å². The molecule has 3 N–H and O–H groups in total. The van der Waals surface area contributed by atoms with Gasteiger partial charge in [-0.3, -0.25) is 10.2 Å². The third-order valence-electron chi connectivity index (χ3n) is 1.80. The number of carbonyl (C=O) groups excluding carboxylic acids is 1. The fraction of sp³-hybridized carbons (Fsp3) is 0.750. The number of hydrogen-bond donors (Lipinski definition) is 3. The molecule has 0 spiro atoms. The highest BCUT2D eigenvalue weighted by Gasteiger charge is 2.22. The van der Waals surface area contributed by atoms with Gasteiger partial charge in [0.2, 0.25) is 0 Å². The van der Waals surface area contributed by atoms with Gasteiger partial charge >= 0.3 is 12.1 Å². The highest BCUT2D eigenvalue weighted by atomic mass is 16.6. The molecule has 1 amide bonds. The molecule has 0 aliphatic heterocycles. The Morgan fingerprint density at radius 1 is 1.43 bits per heavy atom. The second kappa shape index (κ2) is 5.43. The maximum Gasteiger partial charge on any atom is 0.421 e. The van der Waals surface area contributed by atoms with Gasteiger partial charge in [-0.15, -0.1) is 0 Å². The van der Waals surface area contributed by atoms with Crippen LogP contribution in [0.3, 0.4) is 0 Å². The van der Waals surface area contributed by atoms with Crippen molar-refractivity contribution < 1.29 is 19.4 Å². The van der Waals surface area contributed by atoms with Crippen molar-refractivity contribution >= 4 is 12.1 Å². The summed E-state index contributed by atoms with van der Waals surface area (Å²) in [6.07, 6.45) is 1.66. The van der Waals surface area contributed by atoms with E-state index >= 15 is 0 Å². The Kier molecular flexibility index (Phi) is 4.18. The van der Waals surface area contributed by atoms with Crippen molar-refractivity contribution in [3.8, 4) is 0 Å². The summed E-state index contributed by atoms with van der Waals surface area (Å²) in [5.41, 5.74) is 4.70. The van der Waals surface area contributed by atoms with E-state index in [2.05, 4.69) is 10.9 Å². The summed E-state index contributed by atoms with van der Waals surface area (Å²) in [5, 5.41) is 8.28. The van der Waals surface area contributed by atoms with Gasteiger partial charge in [0.1, 0.15) is 0 Å². The van der Waals surface area contributed by atoms with Gasteiger partial charge < -0.3 is 9.84 Å². The van der Waals surface area contributed by atoms with E-state index < -0.39 is 12.1 Å². The zero-order valence-electron chi connectivity index (χ0n) is 7.78. The van der Waals surface area contributed by atoms with Crippen molar-refractivity contribution in [1.82, 2.24) is 10.9 Å². The topological polar surface area (TPSA) is 87.7 Å². The molecule has 0 unspecified atom stereocenters. The van der Waals surface area contributed by atoms with Crippen LogP contribution in [0.15, 0.2) is 0 Å². The van der Waals surface area contributed by atoms with Gasteiger partial charge in [0.25, 0.3) is 0 Å². The Morgan fingerprint density at radius 2 is 2.14 bits per heavy atom. The van der Waals surface area contributed by atoms with Crippen LogP contribution in [0.4, 0.5) is 4.79 Å². The first-order chi connectivity index (χ1) is 6.68. The van der Waals surface area contributed by atoms with Crippen LogP contribution >= 0.6 is 0 Å². The molecule has 80 valence electrons.